The standard InChI is InChI=1S/C12H10N2O2/c1-16-10-4-2-3-8-7-9-12(15)13-5-6-14(9)11(8)10/h2-7H,1H3,(H,13,15). The van der Waals surface area contributed by atoms with E-state index in [2.05, 4.69) is 4.98 Å². The van der Waals surface area contributed by atoms with Crippen LogP contribution in [0.1, 0.15) is 0 Å². The van der Waals surface area contributed by atoms with Crippen molar-refractivity contribution in [2.45, 2.75) is 0 Å². The van der Waals surface area contributed by atoms with Crippen molar-refractivity contribution in [3.8, 4) is 5.75 Å². The largest absolute Gasteiger partial charge is 0.495 e. The Hall–Kier alpha value is -2.23. The van der Waals surface area contributed by atoms with Gasteiger partial charge in [-0.05, 0) is 12.1 Å². The van der Waals surface area contributed by atoms with E-state index < -0.39 is 0 Å². The molecule has 2 aromatic heterocycles. The summed E-state index contributed by atoms with van der Waals surface area (Å²) in [5.41, 5.74) is 1.45. The first kappa shape index (κ1) is 9.03. The van der Waals surface area contributed by atoms with Gasteiger partial charge >= 0.3 is 0 Å². The Kier molecular flexibility index (Phi) is 1.77. The molecule has 2 heterocycles. The van der Waals surface area contributed by atoms with Gasteiger partial charge in [0.2, 0.25) is 0 Å². The predicted octanol–water partition coefficient (Wildman–Crippen LogP) is 1.79. The van der Waals surface area contributed by atoms with Crippen molar-refractivity contribution in [1.82, 2.24) is 9.38 Å². The van der Waals surface area contributed by atoms with Crippen molar-refractivity contribution in [1.29, 1.82) is 0 Å². The molecular weight excluding hydrogens is 204 g/mol. The van der Waals surface area contributed by atoms with Gasteiger partial charge in [0.25, 0.3) is 5.56 Å². The van der Waals surface area contributed by atoms with Gasteiger partial charge in [-0.25, -0.2) is 0 Å². The first-order valence-corrected chi connectivity index (χ1v) is 4.97. The highest BCUT2D eigenvalue weighted by Gasteiger charge is 2.08. The second-order valence-corrected chi connectivity index (χ2v) is 3.59. The molecule has 3 aromatic rings. The highest BCUT2D eigenvalue weighted by Crippen LogP contribution is 2.27. The zero-order valence-corrected chi connectivity index (χ0v) is 8.73. The van der Waals surface area contributed by atoms with E-state index in [-0.39, 0.29) is 5.56 Å². The van der Waals surface area contributed by atoms with Gasteiger partial charge in [-0.3, -0.25) is 4.79 Å². The van der Waals surface area contributed by atoms with Crippen LogP contribution in [-0.4, -0.2) is 16.5 Å². The molecule has 0 saturated carbocycles. The Bertz CT molecular complexity index is 725. The summed E-state index contributed by atoms with van der Waals surface area (Å²) in [4.78, 5) is 14.3. The Morgan fingerprint density at radius 3 is 3.06 bits per heavy atom. The number of nitrogens with zero attached hydrogens (tertiary/aromatic N) is 1. The fourth-order valence-corrected chi connectivity index (χ4v) is 2.01. The summed E-state index contributed by atoms with van der Waals surface area (Å²) in [6.07, 6.45) is 3.45. The number of benzene rings is 1. The van der Waals surface area contributed by atoms with Crippen LogP contribution in [-0.2, 0) is 0 Å². The van der Waals surface area contributed by atoms with Crippen molar-refractivity contribution >= 4 is 16.4 Å². The average molecular weight is 214 g/mol. The number of hydrogen-bond donors (Lipinski definition) is 1. The zero-order valence-electron chi connectivity index (χ0n) is 8.73. The Morgan fingerprint density at radius 1 is 1.38 bits per heavy atom. The lowest BCUT2D eigenvalue weighted by atomic mass is 10.2. The maximum atomic E-state index is 11.6. The van der Waals surface area contributed by atoms with Crippen molar-refractivity contribution in [3.05, 3.63) is 47.0 Å². The topological polar surface area (TPSA) is 46.5 Å². The molecule has 0 fully saturated rings. The van der Waals surface area contributed by atoms with Gasteiger partial charge in [0.05, 0.1) is 12.6 Å². The lowest BCUT2D eigenvalue weighted by molar-refractivity contribution is 0.418. The number of nitrogens with one attached hydrogen (secondary N) is 1. The molecule has 0 aliphatic heterocycles. The van der Waals surface area contributed by atoms with E-state index in [1.807, 2.05) is 34.9 Å². The van der Waals surface area contributed by atoms with Crippen molar-refractivity contribution in [3.63, 3.8) is 0 Å². The molecule has 3 rings (SSSR count). The monoisotopic (exact) mass is 214 g/mol. The van der Waals surface area contributed by atoms with Crippen LogP contribution < -0.4 is 10.3 Å². The lowest BCUT2D eigenvalue weighted by Gasteiger charge is -2.02. The zero-order chi connectivity index (χ0) is 11.1. The van der Waals surface area contributed by atoms with Crippen LogP contribution in [0.4, 0.5) is 0 Å². The number of hydrogen-bond acceptors (Lipinski definition) is 2. The minimum absolute atomic E-state index is 0.0965. The number of fused-ring (bicyclic) bond motifs is 3. The van der Waals surface area contributed by atoms with Crippen LogP contribution in [0.25, 0.3) is 16.4 Å². The first-order chi connectivity index (χ1) is 7.81. The summed E-state index contributed by atoms with van der Waals surface area (Å²) in [5.74, 6) is 0.767. The number of para-hydroxylation sites is 1. The molecule has 0 amide bonds. The average Bonchev–Trinajstić information content (AvgIpc) is 2.69. The van der Waals surface area contributed by atoms with E-state index in [0.29, 0.717) is 5.52 Å². The second-order valence-electron chi connectivity index (χ2n) is 3.59. The van der Waals surface area contributed by atoms with Gasteiger partial charge in [0.15, 0.2) is 0 Å². The lowest BCUT2D eigenvalue weighted by Crippen LogP contribution is -2.07. The third-order valence-corrected chi connectivity index (χ3v) is 2.71. The molecule has 0 atom stereocenters. The summed E-state index contributed by atoms with van der Waals surface area (Å²) >= 11 is 0. The molecule has 0 spiro atoms. The Labute approximate surface area is 91.1 Å². The molecule has 0 aliphatic rings. The minimum Gasteiger partial charge on any atom is -0.495 e. The molecule has 0 bridgehead atoms. The van der Waals surface area contributed by atoms with Gasteiger partial charge in [-0.15, -0.1) is 0 Å². The number of aromatic nitrogens is 2. The van der Waals surface area contributed by atoms with Crippen LogP contribution >= 0.6 is 0 Å². The van der Waals surface area contributed by atoms with Crippen LogP contribution in [0, 0.1) is 0 Å². The molecule has 0 aliphatic carbocycles. The molecule has 16 heavy (non-hydrogen) atoms. The molecule has 80 valence electrons. The molecule has 1 N–H and O–H groups in total. The first-order valence-electron chi connectivity index (χ1n) is 4.97. The van der Waals surface area contributed by atoms with Crippen LogP contribution in [0.2, 0.25) is 0 Å². The van der Waals surface area contributed by atoms with E-state index in [1.165, 1.54) is 0 Å². The second kappa shape index (κ2) is 3.13. The smallest absolute Gasteiger partial charge is 0.272 e. The van der Waals surface area contributed by atoms with Crippen LogP contribution in [0.3, 0.4) is 0 Å². The van der Waals surface area contributed by atoms with E-state index in [1.54, 1.807) is 13.3 Å². The SMILES string of the molecule is COc1cccc2cc3c(=O)[nH]ccn3c12. The molecule has 4 heteroatoms. The van der Waals surface area contributed by atoms with E-state index >= 15 is 0 Å². The highest BCUT2D eigenvalue weighted by atomic mass is 16.5. The summed E-state index contributed by atoms with van der Waals surface area (Å²) in [6.45, 7) is 0. The Balaban J connectivity index is 2.63. The van der Waals surface area contributed by atoms with Crippen LogP contribution in [0.5, 0.6) is 5.75 Å². The quantitative estimate of drug-likeness (QED) is 0.671. The summed E-state index contributed by atoms with van der Waals surface area (Å²) in [5, 5.41) is 0.996. The van der Waals surface area contributed by atoms with Gasteiger partial charge in [-0.1, -0.05) is 12.1 Å². The normalized spacial score (nSPS) is 11.1. The van der Waals surface area contributed by atoms with Crippen LogP contribution in [0.15, 0.2) is 41.5 Å². The summed E-state index contributed by atoms with van der Waals surface area (Å²) in [7, 11) is 1.63. The number of H-pyrrole nitrogens is 1. The number of rotatable bonds is 1. The number of aromatic amines is 1. The van der Waals surface area contributed by atoms with E-state index in [0.717, 1.165) is 16.7 Å². The van der Waals surface area contributed by atoms with E-state index in [9.17, 15) is 4.79 Å². The van der Waals surface area contributed by atoms with Crippen molar-refractivity contribution in [2.75, 3.05) is 7.11 Å². The molecule has 0 saturated heterocycles. The third-order valence-electron chi connectivity index (χ3n) is 2.71. The molecule has 0 unspecified atom stereocenters. The maximum Gasteiger partial charge on any atom is 0.272 e. The van der Waals surface area contributed by atoms with Gasteiger partial charge in [0, 0.05) is 17.8 Å². The number of ether oxygens (including phenoxy) is 1. The molecule has 1 aromatic carbocycles. The third kappa shape index (κ3) is 1.07. The molecular formula is C12H10N2O2. The maximum absolute atomic E-state index is 11.6. The predicted molar refractivity (Wildman–Crippen MR) is 62.1 cm³/mol. The van der Waals surface area contributed by atoms with Crippen molar-refractivity contribution in [2.24, 2.45) is 0 Å². The number of methoxy groups -OCH3 is 1. The molecule has 4 nitrogen and oxygen atoms in total. The summed E-state index contributed by atoms with van der Waals surface area (Å²) < 4.78 is 7.14. The molecule has 0 radical (unpaired) electrons. The van der Waals surface area contributed by atoms with Gasteiger partial charge < -0.3 is 14.1 Å². The summed E-state index contributed by atoms with van der Waals surface area (Å²) in [6, 6.07) is 7.62. The fraction of sp³-hybridized carbons (Fsp3) is 0.0833. The van der Waals surface area contributed by atoms with Gasteiger partial charge in [-0.2, -0.15) is 0 Å². The van der Waals surface area contributed by atoms with Crippen molar-refractivity contribution < 1.29 is 4.74 Å². The van der Waals surface area contributed by atoms with Gasteiger partial charge in [0.1, 0.15) is 11.3 Å². The fourth-order valence-electron chi connectivity index (χ4n) is 2.01. The highest BCUT2D eigenvalue weighted by molar-refractivity contribution is 5.91. The van der Waals surface area contributed by atoms with E-state index in [4.69, 9.17) is 4.74 Å². The minimum atomic E-state index is -0.0965. The Morgan fingerprint density at radius 2 is 2.25 bits per heavy atom.